The van der Waals surface area contributed by atoms with Crippen molar-refractivity contribution >= 4 is 0 Å². The molecule has 0 radical (unpaired) electrons. The van der Waals surface area contributed by atoms with Gasteiger partial charge in [-0.25, -0.2) is 0 Å². The highest BCUT2D eigenvalue weighted by molar-refractivity contribution is 5.21. The fourth-order valence-electron chi connectivity index (χ4n) is 4.75. The third-order valence-corrected chi connectivity index (χ3v) is 6.33. The van der Waals surface area contributed by atoms with Crippen molar-refractivity contribution in [2.24, 2.45) is 23.0 Å². The highest BCUT2D eigenvalue weighted by Crippen LogP contribution is 2.57. The summed E-state index contributed by atoms with van der Waals surface area (Å²) < 4.78 is 6.00. The van der Waals surface area contributed by atoms with Crippen LogP contribution in [-0.4, -0.2) is 42.8 Å². The standard InChI is InChI=1S/C16H30N2O/c1-4-12-7-8-18(10-12)11-16(17)13-6-5-9-19-14(13)15(16,2)3/h12-14H,4-11,17H2,1-3H3. The molecule has 1 aliphatic carbocycles. The fraction of sp³-hybridized carbons (Fsp3) is 1.00. The molecule has 4 atom stereocenters. The maximum atomic E-state index is 6.88. The van der Waals surface area contributed by atoms with E-state index in [2.05, 4.69) is 25.7 Å². The molecule has 2 saturated heterocycles. The molecule has 3 heteroatoms. The van der Waals surface area contributed by atoms with Crippen molar-refractivity contribution in [1.82, 2.24) is 4.90 Å². The Hall–Kier alpha value is -0.120. The second-order valence-electron chi connectivity index (χ2n) is 7.60. The predicted molar refractivity (Wildman–Crippen MR) is 78.0 cm³/mol. The molecule has 3 fully saturated rings. The molecule has 3 nitrogen and oxygen atoms in total. The Labute approximate surface area is 117 Å². The predicted octanol–water partition coefficient (Wildman–Crippen LogP) is 2.25. The number of nitrogens with zero attached hydrogens (tertiary/aromatic N) is 1. The van der Waals surface area contributed by atoms with Crippen LogP contribution in [0.1, 0.15) is 46.5 Å². The Bertz CT molecular complexity index is 344. The number of likely N-dealkylation sites (tertiary alicyclic amines) is 1. The number of hydrogen-bond acceptors (Lipinski definition) is 3. The topological polar surface area (TPSA) is 38.5 Å². The minimum absolute atomic E-state index is 0.0410. The Balaban J connectivity index is 1.68. The van der Waals surface area contributed by atoms with Crippen LogP contribution in [0.4, 0.5) is 0 Å². The SMILES string of the molecule is CCC1CCN(CC2(N)C3CCCOC3C2(C)C)C1. The molecule has 2 heterocycles. The van der Waals surface area contributed by atoms with E-state index in [1.165, 1.54) is 38.8 Å². The van der Waals surface area contributed by atoms with Crippen LogP contribution >= 0.6 is 0 Å². The summed E-state index contributed by atoms with van der Waals surface area (Å²) in [5.74, 6) is 1.47. The Kier molecular flexibility index (Phi) is 3.43. The number of rotatable bonds is 3. The Morgan fingerprint density at radius 2 is 2.11 bits per heavy atom. The summed E-state index contributed by atoms with van der Waals surface area (Å²) in [5, 5.41) is 0. The van der Waals surface area contributed by atoms with E-state index in [0.29, 0.717) is 12.0 Å². The molecular formula is C16H30N2O. The van der Waals surface area contributed by atoms with Crippen LogP contribution < -0.4 is 5.73 Å². The van der Waals surface area contributed by atoms with Crippen LogP contribution in [0.5, 0.6) is 0 Å². The molecule has 3 aliphatic rings. The van der Waals surface area contributed by atoms with E-state index in [1.54, 1.807) is 0 Å². The first kappa shape index (κ1) is 13.8. The van der Waals surface area contributed by atoms with Crippen molar-refractivity contribution in [1.29, 1.82) is 0 Å². The van der Waals surface area contributed by atoms with Crippen molar-refractivity contribution in [3.05, 3.63) is 0 Å². The molecule has 0 aromatic rings. The lowest BCUT2D eigenvalue weighted by Gasteiger charge is -2.67. The number of fused-ring (bicyclic) bond motifs is 1. The van der Waals surface area contributed by atoms with Crippen molar-refractivity contribution in [2.45, 2.75) is 58.1 Å². The van der Waals surface area contributed by atoms with E-state index < -0.39 is 0 Å². The second kappa shape index (κ2) is 4.71. The van der Waals surface area contributed by atoms with Gasteiger partial charge in [0.1, 0.15) is 0 Å². The summed E-state index contributed by atoms with van der Waals surface area (Å²) in [6.45, 7) is 11.4. The third kappa shape index (κ3) is 1.97. The largest absolute Gasteiger partial charge is 0.377 e. The van der Waals surface area contributed by atoms with Gasteiger partial charge in [-0.05, 0) is 31.7 Å². The third-order valence-electron chi connectivity index (χ3n) is 6.33. The molecule has 19 heavy (non-hydrogen) atoms. The lowest BCUT2D eigenvalue weighted by Crippen LogP contribution is -2.80. The molecule has 0 bridgehead atoms. The van der Waals surface area contributed by atoms with Crippen molar-refractivity contribution in [3.8, 4) is 0 Å². The molecule has 0 aromatic heterocycles. The second-order valence-corrected chi connectivity index (χ2v) is 7.60. The maximum Gasteiger partial charge on any atom is 0.0690 e. The normalized spacial score (nSPS) is 45.8. The van der Waals surface area contributed by atoms with Crippen LogP contribution in [0.3, 0.4) is 0 Å². The van der Waals surface area contributed by atoms with Crippen LogP contribution in [-0.2, 0) is 4.74 Å². The molecule has 110 valence electrons. The molecule has 0 aromatic carbocycles. The number of ether oxygens (including phenoxy) is 1. The summed E-state index contributed by atoms with van der Waals surface area (Å²) in [4.78, 5) is 2.61. The first-order valence-corrected chi connectivity index (χ1v) is 8.12. The zero-order valence-electron chi connectivity index (χ0n) is 12.8. The quantitative estimate of drug-likeness (QED) is 0.851. The minimum atomic E-state index is -0.0410. The molecule has 1 saturated carbocycles. The zero-order valence-corrected chi connectivity index (χ0v) is 12.8. The summed E-state index contributed by atoms with van der Waals surface area (Å²) in [5.41, 5.74) is 6.97. The van der Waals surface area contributed by atoms with E-state index in [-0.39, 0.29) is 11.0 Å². The zero-order chi connectivity index (χ0) is 13.7. The van der Waals surface area contributed by atoms with Crippen LogP contribution in [0.15, 0.2) is 0 Å². The Morgan fingerprint density at radius 1 is 1.32 bits per heavy atom. The van der Waals surface area contributed by atoms with Gasteiger partial charge < -0.3 is 15.4 Å². The van der Waals surface area contributed by atoms with E-state index >= 15 is 0 Å². The molecule has 0 spiro atoms. The summed E-state index contributed by atoms with van der Waals surface area (Å²) in [7, 11) is 0. The molecule has 4 unspecified atom stereocenters. The number of hydrogen-bond donors (Lipinski definition) is 1. The van der Waals surface area contributed by atoms with E-state index in [4.69, 9.17) is 10.5 Å². The first-order chi connectivity index (χ1) is 8.99. The maximum absolute atomic E-state index is 6.88. The van der Waals surface area contributed by atoms with Gasteiger partial charge in [-0.1, -0.05) is 27.2 Å². The summed E-state index contributed by atoms with van der Waals surface area (Å²) in [6.07, 6.45) is 5.52. The smallest absolute Gasteiger partial charge is 0.0690 e. The molecule has 3 rings (SSSR count). The lowest BCUT2D eigenvalue weighted by molar-refractivity contribution is -0.231. The van der Waals surface area contributed by atoms with Gasteiger partial charge in [0.15, 0.2) is 0 Å². The van der Waals surface area contributed by atoms with Gasteiger partial charge in [0, 0.05) is 36.6 Å². The average molecular weight is 266 g/mol. The van der Waals surface area contributed by atoms with Gasteiger partial charge in [0.25, 0.3) is 0 Å². The van der Waals surface area contributed by atoms with Crippen molar-refractivity contribution in [3.63, 3.8) is 0 Å². The van der Waals surface area contributed by atoms with E-state index in [0.717, 1.165) is 19.1 Å². The van der Waals surface area contributed by atoms with Crippen LogP contribution in [0.25, 0.3) is 0 Å². The molecule has 0 amide bonds. The van der Waals surface area contributed by atoms with E-state index in [1.807, 2.05) is 0 Å². The highest BCUT2D eigenvalue weighted by Gasteiger charge is 2.66. The lowest BCUT2D eigenvalue weighted by atomic mass is 9.46. The van der Waals surface area contributed by atoms with Crippen molar-refractivity contribution < 1.29 is 4.74 Å². The van der Waals surface area contributed by atoms with Gasteiger partial charge in [-0.15, -0.1) is 0 Å². The molecule has 2 aliphatic heterocycles. The van der Waals surface area contributed by atoms with Gasteiger partial charge in [-0.3, -0.25) is 0 Å². The van der Waals surface area contributed by atoms with Crippen LogP contribution in [0.2, 0.25) is 0 Å². The summed E-state index contributed by atoms with van der Waals surface area (Å²) in [6, 6.07) is 0. The van der Waals surface area contributed by atoms with Crippen molar-refractivity contribution in [2.75, 3.05) is 26.2 Å². The van der Waals surface area contributed by atoms with Gasteiger partial charge in [0.2, 0.25) is 0 Å². The Morgan fingerprint density at radius 3 is 2.79 bits per heavy atom. The van der Waals surface area contributed by atoms with E-state index in [9.17, 15) is 0 Å². The fourth-order valence-corrected chi connectivity index (χ4v) is 4.75. The van der Waals surface area contributed by atoms with Gasteiger partial charge in [-0.2, -0.15) is 0 Å². The minimum Gasteiger partial charge on any atom is -0.377 e. The highest BCUT2D eigenvalue weighted by atomic mass is 16.5. The van der Waals surface area contributed by atoms with Crippen LogP contribution in [0, 0.1) is 17.3 Å². The van der Waals surface area contributed by atoms with Gasteiger partial charge in [0.05, 0.1) is 6.10 Å². The summed E-state index contributed by atoms with van der Waals surface area (Å²) >= 11 is 0. The first-order valence-electron chi connectivity index (χ1n) is 8.12. The molecule has 2 N–H and O–H groups in total. The van der Waals surface area contributed by atoms with Gasteiger partial charge >= 0.3 is 0 Å². The number of nitrogens with two attached hydrogens (primary N) is 1. The average Bonchev–Trinajstić information content (AvgIpc) is 2.86. The monoisotopic (exact) mass is 266 g/mol. The molecular weight excluding hydrogens is 236 g/mol.